The Morgan fingerprint density at radius 3 is 2.13 bits per heavy atom. The molecule has 1 aromatic heterocycles. The van der Waals surface area contributed by atoms with Crippen molar-refractivity contribution in [2.75, 3.05) is 0 Å². The van der Waals surface area contributed by atoms with Crippen molar-refractivity contribution in [3.8, 4) is 16.8 Å². The van der Waals surface area contributed by atoms with Gasteiger partial charge in [0.05, 0.1) is 11.0 Å². The Kier molecular flexibility index (Phi) is 9.21. The van der Waals surface area contributed by atoms with Crippen molar-refractivity contribution >= 4 is 43.8 Å². The molecule has 4 nitrogen and oxygen atoms in total. The molecule has 0 spiro atoms. The number of nitrogens with zero attached hydrogens (tertiary/aromatic N) is 1. The molecule has 0 amide bonds. The molecule has 0 fully saturated rings. The molecule has 0 aliphatic heterocycles. The molecular weight excluding hydrogens is 573 g/mol. The van der Waals surface area contributed by atoms with E-state index in [9.17, 15) is 0 Å². The van der Waals surface area contributed by atoms with Crippen LogP contribution in [0.5, 0.6) is 0 Å². The van der Waals surface area contributed by atoms with Gasteiger partial charge >= 0.3 is 0 Å². The zero-order valence-corrected chi connectivity index (χ0v) is 26.9. The highest BCUT2D eigenvalue weighted by atomic mass is 15.0. The van der Waals surface area contributed by atoms with Gasteiger partial charge in [-0.05, 0) is 95.6 Å². The maximum atomic E-state index is 6.26. The van der Waals surface area contributed by atoms with Crippen molar-refractivity contribution in [2.45, 2.75) is 20.3 Å². The Labute approximate surface area is 276 Å². The van der Waals surface area contributed by atoms with E-state index >= 15 is 0 Å². The van der Waals surface area contributed by atoms with Crippen molar-refractivity contribution in [3.63, 3.8) is 0 Å². The summed E-state index contributed by atoms with van der Waals surface area (Å²) in [6.45, 7) is 3.97. The van der Waals surface area contributed by atoms with Gasteiger partial charge in [0.15, 0.2) is 0 Å². The number of benzene rings is 5. The second-order valence-electron chi connectivity index (χ2n) is 11.5. The first-order chi connectivity index (χ1) is 23.1. The summed E-state index contributed by atoms with van der Waals surface area (Å²) in [6, 6.07) is 36.8. The van der Waals surface area contributed by atoms with Crippen LogP contribution in [0.1, 0.15) is 31.4 Å². The van der Waals surface area contributed by atoms with E-state index < -0.39 is 0 Å². The Bertz CT molecular complexity index is 2240. The standard InChI is InChI=1S/C43H40N4/c1-3-5-15-41(46)32-18-16-31(17-19-32)33-20-23-38-35(26-33)22-25-40-39-24-21-34(36(29-45)12-9-11-30(28-44)10-4-2)27-42(39)47(43(38)40)37-13-7-6-8-14-37/h3-10,12-29H,11,44-46H2,1-2H3/b5-3-,10-4-,12-9-,30-28+,36-29+,41-15-. The monoisotopic (exact) mass is 612 g/mol. The third-order valence-electron chi connectivity index (χ3n) is 8.54. The lowest BCUT2D eigenvalue weighted by Crippen LogP contribution is -1.95. The van der Waals surface area contributed by atoms with Crippen molar-refractivity contribution < 1.29 is 0 Å². The number of rotatable bonds is 9. The Morgan fingerprint density at radius 2 is 1.40 bits per heavy atom. The van der Waals surface area contributed by atoms with Gasteiger partial charge < -0.3 is 21.8 Å². The van der Waals surface area contributed by atoms with Crippen LogP contribution in [0.3, 0.4) is 0 Å². The molecule has 47 heavy (non-hydrogen) atoms. The normalized spacial score (nSPS) is 13.4. The van der Waals surface area contributed by atoms with Gasteiger partial charge in [0.2, 0.25) is 0 Å². The van der Waals surface area contributed by atoms with Gasteiger partial charge in [-0.25, -0.2) is 0 Å². The van der Waals surface area contributed by atoms with E-state index in [1.54, 1.807) is 12.4 Å². The molecule has 0 radical (unpaired) electrons. The van der Waals surface area contributed by atoms with E-state index in [0.717, 1.165) is 56.7 Å². The number of para-hydroxylation sites is 1. The molecule has 0 unspecified atom stereocenters. The molecule has 0 saturated heterocycles. The molecule has 0 bridgehead atoms. The van der Waals surface area contributed by atoms with Gasteiger partial charge in [-0.3, -0.25) is 0 Å². The average molecular weight is 613 g/mol. The molecule has 0 aliphatic rings. The maximum absolute atomic E-state index is 6.26. The summed E-state index contributed by atoms with van der Waals surface area (Å²) in [7, 11) is 0. The zero-order chi connectivity index (χ0) is 32.8. The van der Waals surface area contributed by atoms with Gasteiger partial charge in [0, 0.05) is 33.7 Å². The molecule has 1 heterocycles. The first kappa shape index (κ1) is 31.0. The van der Waals surface area contributed by atoms with E-state index in [1.807, 2.05) is 44.2 Å². The van der Waals surface area contributed by atoms with Crippen molar-refractivity contribution in [3.05, 3.63) is 175 Å². The number of fused-ring (bicyclic) bond motifs is 5. The highest BCUT2D eigenvalue weighted by Crippen LogP contribution is 2.39. The fourth-order valence-corrected chi connectivity index (χ4v) is 6.17. The van der Waals surface area contributed by atoms with Crippen LogP contribution in [0.15, 0.2) is 164 Å². The lowest BCUT2D eigenvalue weighted by molar-refractivity contribution is 1.19. The molecule has 0 atom stereocenters. The smallest absolute Gasteiger partial charge is 0.0619 e. The first-order valence-electron chi connectivity index (χ1n) is 15.9. The van der Waals surface area contributed by atoms with Crippen LogP contribution in [-0.4, -0.2) is 4.57 Å². The van der Waals surface area contributed by atoms with Crippen LogP contribution in [0.4, 0.5) is 0 Å². The zero-order valence-electron chi connectivity index (χ0n) is 26.9. The SMILES string of the molecule is C/C=C\C=C(/N)c1ccc(-c2ccc3c(ccc4c5ccc(C(/C=C\CC(/C=C\C)=C/N)=C/N)cc5n(-c5ccccc5)c34)c2)cc1. The maximum Gasteiger partial charge on any atom is 0.0619 e. The summed E-state index contributed by atoms with van der Waals surface area (Å²) in [5.41, 5.74) is 28.8. The van der Waals surface area contributed by atoms with Crippen LogP contribution in [0, 0.1) is 0 Å². The van der Waals surface area contributed by atoms with Crippen LogP contribution < -0.4 is 17.2 Å². The highest BCUT2D eigenvalue weighted by Gasteiger charge is 2.16. The van der Waals surface area contributed by atoms with E-state index in [1.165, 1.54) is 27.1 Å². The summed E-state index contributed by atoms with van der Waals surface area (Å²) >= 11 is 0. The topological polar surface area (TPSA) is 83.0 Å². The predicted octanol–water partition coefficient (Wildman–Crippen LogP) is 10.1. The molecule has 0 saturated carbocycles. The molecule has 232 valence electrons. The van der Waals surface area contributed by atoms with Crippen LogP contribution in [-0.2, 0) is 0 Å². The molecule has 6 N–H and O–H groups in total. The average Bonchev–Trinajstić information content (AvgIpc) is 3.46. The van der Waals surface area contributed by atoms with Crippen LogP contribution >= 0.6 is 0 Å². The summed E-state index contributed by atoms with van der Waals surface area (Å²) in [5, 5.41) is 4.78. The minimum Gasteiger partial charge on any atom is -0.404 e. The van der Waals surface area contributed by atoms with Gasteiger partial charge in [-0.15, -0.1) is 0 Å². The van der Waals surface area contributed by atoms with E-state index in [4.69, 9.17) is 17.2 Å². The Balaban J connectivity index is 1.47. The summed E-state index contributed by atoms with van der Waals surface area (Å²) in [5.74, 6) is 0. The molecule has 4 heteroatoms. The summed E-state index contributed by atoms with van der Waals surface area (Å²) in [4.78, 5) is 0. The van der Waals surface area contributed by atoms with E-state index in [2.05, 4.69) is 120 Å². The van der Waals surface area contributed by atoms with Gasteiger partial charge in [0.25, 0.3) is 0 Å². The lowest BCUT2D eigenvalue weighted by Gasteiger charge is -2.12. The van der Waals surface area contributed by atoms with Crippen molar-refractivity contribution in [2.24, 2.45) is 17.2 Å². The Morgan fingerprint density at radius 1 is 0.681 bits per heavy atom. The third kappa shape index (κ3) is 6.27. The fourth-order valence-electron chi connectivity index (χ4n) is 6.17. The highest BCUT2D eigenvalue weighted by molar-refractivity contribution is 6.19. The number of allylic oxidation sites excluding steroid dienone is 9. The second-order valence-corrected chi connectivity index (χ2v) is 11.5. The predicted molar refractivity (Wildman–Crippen MR) is 204 cm³/mol. The van der Waals surface area contributed by atoms with E-state index in [-0.39, 0.29) is 0 Å². The van der Waals surface area contributed by atoms with E-state index in [0.29, 0.717) is 0 Å². The molecule has 6 rings (SSSR count). The number of hydrogen-bond donors (Lipinski definition) is 3. The van der Waals surface area contributed by atoms with Crippen LogP contribution in [0.25, 0.3) is 60.7 Å². The summed E-state index contributed by atoms with van der Waals surface area (Å²) < 4.78 is 2.38. The van der Waals surface area contributed by atoms with Gasteiger partial charge in [0.1, 0.15) is 0 Å². The Hall–Kier alpha value is -6.00. The van der Waals surface area contributed by atoms with Crippen molar-refractivity contribution in [1.82, 2.24) is 4.57 Å². The number of hydrogen-bond acceptors (Lipinski definition) is 3. The largest absolute Gasteiger partial charge is 0.404 e. The van der Waals surface area contributed by atoms with Crippen LogP contribution in [0.2, 0.25) is 0 Å². The third-order valence-corrected chi connectivity index (χ3v) is 8.54. The number of aromatic nitrogens is 1. The van der Waals surface area contributed by atoms with Gasteiger partial charge in [-0.1, -0.05) is 115 Å². The van der Waals surface area contributed by atoms with Gasteiger partial charge in [-0.2, -0.15) is 0 Å². The molecule has 0 aliphatic carbocycles. The minimum atomic E-state index is 0.727. The lowest BCUT2D eigenvalue weighted by atomic mass is 9.98. The van der Waals surface area contributed by atoms with Crippen molar-refractivity contribution in [1.29, 1.82) is 0 Å². The molecule has 5 aromatic carbocycles. The minimum absolute atomic E-state index is 0.727. The fraction of sp³-hybridized carbons (Fsp3) is 0.0698. The number of nitrogens with two attached hydrogens (primary N) is 3. The molecule has 6 aromatic rings. The quantitative estimate of drug-likeness (QED) is 0.142. The summed E-state index contributed by atoms with van der Waals surface area (Å²) in [6.07, 6.45) is 18.1. The molecular formula is C43H40N4. The first-order valence-corrected chi connectivity index (χ1v) is 15.9. The second kappa shape index (κ2) is 14.0.